The third kappa shape index (κ3) is 1.48. The van der Waals surface area contributed by atoms with Crippen LogP contribution in [-0.2, 0) is 6.54 Å². The second-order valence-corrected chi connectivity index (χ2v) is 2.99. The number of pyridine rings is 1. The molecule has 4 heteroatoms. The molecular weight excluding hydrogens is 164 g/mol. The molecular formula is C9H12N4. The molecule has 2 aromatic heterocycles. The summed E-state index contributed by atoms with van der Waals surface area (Å²) in [6.07, 6.45) is 3.84. The molecule has 0 aliphatic carbocycles. The molecule has 0 atom stereocenters. The highest BCUT2D eigenvalue weighted by atomic mass is 15.0. The standard InChI is InChI=1S/C9H12N4/c1-11-4-8-6-13-5-7(10)2-3-9(13)12-8/h2-3,5-6,11H,4,10H2,1H3. The summed E-state index contributed by atoms with van der Waals surface area (Å²) in [6, 6.07) is 3.76. The van der Waals surface area contributed by atoms with Crippen molar-refractivity contribution >= 4 is 11.3 Å². The molecule has 0 radical (unpaired) electrons. The highest BCUT2D eigenvalue weighted by molar-refractivity contribution is 5.48. The van der Waals surface area contributed by atoms with Crippen LogP contribution < -0.4 is 11.1 Å². The van der Waals surface area contributed by atoms with Gasteiger partial charge in [-0.3, -0.25) is 0 Å². The molecule has 0 bridgehead atoms. The van der Waals surface area contributed by atoms with Crippen LogP contribution >= 0.6 is 0 Å². The van der Waals surface area contributed by atoms with Crippen LogP contribution in [0.5, 0.6) is 0 Å². The van der Waals surface area contributed by atoms with E-state index in [1.165, 1.54) is 0 Å². The lowest BCUT2D eigenvalue weighted by atomic mass is 10.4. The van der Waals surface area contributed by atoms with E-state index in [1.54, 1.807) is 0 Å². The Labute approximate surface area is 76.4 Å². The summed E-state index contributed by atoms with van der Waals surface area (Å²) in [5.74, 6) is 0. The lowest BCUT2D eigenvalue weighted by Crippen LogP contribution is -2.04. The second-order valence-electron chi connectivity index (χ2n) is 2.99. The van der Waals surface area contributed by atoms with E-state index in [0.29, 0.717) is 0 Å². The Morgan fingerprint density at radius 3 is 3.08 bits per heavy atom. The van der Waals surface area contributed by atoms with Gasteiger partial charge in [-0.2, -0.15) is 0 Å². The first-order valence-corrected chi connectivity index (χ1v) is 4.17. The van der Waals surface area contributed by atoms with Crippen LogP contribution in [-0.4, -0.2) is 16.4 Å². The lowest BCUT2D eigenvalue weighted by Gasteiger charge is -1.93. The van der Waals surface area contributed by atoms with Crippen LogP contribution in [0.25, 0.3) is 5.65 Å². The summed E-state index contributed by atoms with van der Waals surface area (Å²) in [4.78, 5) is 4.39. The maximum absolute atomic E-state index is 5.64. The molecule has 4 nitrogen and oxygen atoms in total. The number of anilines is 1. The summed E-state index contributed by atoms with van der Waals surface area (Å²) in [5, 5.41) is 3.05. The van der Waals surface area contributed by atoms with Gasteiger partial charge in [0.05, 0.1) is 5.69 Å². The Hall–Kier alpha value is -1.55. The van der Waals surface area contributed by atoms with E-state index in [0.717, 1.165) is 23.6 Å². The normalized spacial score (nSPS) is 10.8. The van der Waals surface area contributed by atoms with Gasteiger partial charge in [0.15, 0.2) is 0 Å². The number of nitrogens with zero attached hydrogens (tertiary/aromatic N) is 2. The Morgan fingerprint density at radius 1 is 1.46 bits per heavy atom. The van der Waals surface area contributed by atoms with E-state index in [2.05, 4.69) is 10.3 Å². The monoisotopic (exact) mass is 176 g/mol. The quantitative estimate of drug-likeness (QED) is 0.706. The summed E-state index contributed by atoms with van der Waals surface area (Å²) in [7, 11) is 1.90. The smallest absolute Gasteiger partial charge is 0.137 e. The number of fused-ring (bicyclic) bond motifs is 1. The number of imidazole rings is 1. The van der Waals surface area contributed by atoms with Crippen molar-refractivity contribution in [3.63, 3.8) is 0 Å². The van der Waals surface area contributed by atoms with Gasteiger partial charge in [0, 0.05) is 24.6 Å². The van der Waals surface area contributed by atoms with Crippen molar-refractivity contribution in [3.8, 4) is 0 Å². The fraction of sp³-hybridized carbons (Fsp3) is 0.222. The number of nitrogens with two attached hydrogens (primary N) is 1. The highest BCUT2D eigenvalue weighted by Gasteiger charge is 1.99. The molecule has 0 fully saturated rings. The van der Waals surface area contributed by atoms with Gasteiger partial charge in [-0.15, -0.1) is 0 Å². The maximum atomic E-state index is 5.64. The lowest BCUT2D eigenvalue weighted by molar-refractivity contribution is 0.798. The third-order valence-electron chi connectivity index (χ3n) is 1.88. The van der Waals surface area contributed by atoms with Gasteiger partial charge in [-0.25, -0.2) is 4.98 Å². The minimum absolute atomic E-state index is 0.751. The number of rotatable bonds is 2. The van der Waals surface area contributed by atoms with E-state index >= 15 is 0 Å². The average Bonchev–Trinajstić information content (AvgIpc) is 2.46. The van der Waals surface area contributed by atoms with Crippen molar-refractivity contribution in [1.29, 1.82) is 0 Å². The summed E-state index contributed by atoms with van der Waals surface area (Å²) < 4.78 is 1.93. The van der Waals surface area contributed by atoms with Crippen molar-refractivity contribution in [2.75, 3.05) is 12.8 Å². The van der Waals surface area contributed by atoms with Crippen molar-refractivity contribution in [2.45, 2.75) is 6.54 Å². The number of aromatic nitrogens is 2. The molecule has 68 valence electrons. The zero-order valence-corrected chi connectivity index (χ0v) is 7.49. The Bertz CT molecular complexity index is 418. The predicted octanol–water partition coefficient (Wildman–Crippen LogP) is 0.636. The van der Waals surface area contributed by atoms with Crippen LogP contribution in [0.15, 0.2) is 24.5 Å². The molecule has 0 unspecified atom stereocenters. The van der Waals surface area contributed by atoms with E-state index in [9.17, 15) is 0 Å². The minimum atomic E-state index is 0.751. The van der Waals surface area contributed by atoms with Gasteiger partial charge in [-0.1, -0.05) is 0 Å². The number of nitrogens with one attached hydrogen (secondary N) is 1. The van der Waals surface area contributed by atoms with Crippen LogP contribution in [0.2, 0.25) is 0 Å². The molecule has 0 aliphatic rings. The minimum Gasteiger partial charge on any atom is -0.398 e. The summed E-state index contributed by atoms with van der Waals surface area (Å²) in [6.45, 7) is 0.779. The Balaban J connectivity index is 2.49. The Morgan fingerprint density at radius 2 is 2.31 bits per heavy atom. The first-order valence-electron chi connectivity index (χ1n) is 4.17. The molecule has 0 spiro atoms. The fourth-order valence-electron chi connectivity index (χ4n) is 1.33. The van der Waals surface area contributed by atoms with E-state index in [-0.39, 0.29) is 0 Å². The topological polar surface area (TPSA) is 55.3 Å². The van der Waals surface area contributed by atoms with Crippen molar-refractivity contribution < 1.29 is 0 Å². The molecule has 3 N–H and O–H groups in total. The van der Waals surface area contributed by atoms with Crippen molar-refractivity contribution in [1.82, 2.24) is 14.7 Å². The molecule has 2 rings (SSSR count). The van der Waals surface area contributed by atoms with Crippen LogP contribution in [0.4, 0.5) is 5.69 Å². The van der Waals surface area contributed by atoms with Crippen LogP contribution in [0.1, 0.15) is 5.69 Å². The summed E-state index contributed by atoms with van der Waals surface area (Å²) in [5.41, 5.74) is 8.35. The maximum Gasteiger partial charge on any atom is 0.137 e. The molecule has 2 aromatic rings. The molecule has 0 saturated heterocycles. The number of hydrogen-bond acceptors (Lipinski definition) is 3. The van der Waals surface area contributed by atoms with E-state index in [1.807, 2.05) is 36.0 Å². The number of hydrogen-bond donors (Lipinski definition) is 2. The van der Waals surface area contributed by atoms with Gasteiger partial charge < -0.3 is 15.5 Å². The summed E-state index contributed by atoms with van der Waals surface area (Å²) >= 11 is 0. The number of nitrogen functional groups attached to an aromatic ring is 1. The van der Waals surface area contributed by atoms with Crippen LogP contribution in [0, 0.1) is 0 Å². The van der Waals surface area contributed by atoms with Crippen molar-refractivity contribution in [3.05, 3.63) is 30.2 Å². The molecule has 13 heavy (non-hydrogen) atoms. The largest absolute Gasteiger partial charge is 0.398 e. The zero-order chi connectivity index (χ0) is 9.26. The highest BCUT2D eigenvalue weighted by Crippen LogP contribution is 2.08. The van der Waals surface area contributed by atoms with Gasteiger partial charge in [0.25, 0.3) is 0 Å². The average molecular weight is 176 g/mol. The van der Waals surface area contributed by atoms with Gasteiger partial charge in [0.2, 0.25) is 0 Å². The van der Waals surface area contributed by atoms with Crippen molar-refractivity contribution in [2.24, 2.45) is 0 Å². The van der Waals surface area contributed by atoms with Crippen LogP contribution in [0.3, 0.4) is 0 Å². The zero-order valence-electron chi connectivity index (χ0n) is 7.49. The Kier molecular flexibility index (Phi) is 1.90. The van der Waals surface area contributed by atoms with Gasteiger partial charge >= 0.3 is 0 Å². The SMILES string of the molecule is CNCc1cn2cc(N)ccc2n1. The van der Waals surface area contributed by atoms with E-state index < -0.39 is 0 Å². The van der Waals surface area contributed by atoms with Gasteiger partial charge in [0.1, 0.15) is 5.65 Å². The first kappa shape index (κ1) is 8.07. The second kappa shape index (κ2) is 3.06. The predicted molar refractivity (Wildman–Crippen MR) is 52.4 cm³/mol. The molecule has 0 amide bonds. The molecule has 0 aromatic carbocycles. The fourth-order valence-corrected chi connectivity index (χ4v) is 1.33. The molecule has 2 heterocycles. The van der Waals surface area contributed by atoms with Gasteiger partial charge in [-0.05, 0) is 19.2 Å². The third-order valence-corrected chi connectivity index (χ3v) is 1.88. The van der Waals surface area contributed by atoms with E-state index in [4.69, 9.17) is 5.73 Å². The first-order chi connectivity index (χ1) is 6.29. The molecule has 0 saturated carbocycles. The molecule has 0 aliphatic heterocycles.